The quantitative estimate of drug-likeness (QED) is 0.283. The van der Waals surface area contributed by atoms with Gasteiger partial charge in [0.25, 0.3) is 0 Å². The van der Waals surface area contributed by atoms with Gasteiger partial charge in [0.1, 0.15) is 11.4 Å². The number of likely N-dealkylation sites (tertiary alicyclic amines) is 1. The van der Waals surface area contributed by atoms with Gasteiger partial charge in [-0.15, -0.1) is 0 Å². The van der Waals surface area contributed by atoms with E-state index < -0.39 is 11.4 Å². The zero-order chi connectivity index (χ0) is 26.1. The Bertz CT molecular complexity index is 1400. The summed E-state index contributed by atoms with van der Waals surface area (Å²) in [5.41, 5.74) is 6.57. The first-order chi connectivity index (χ1) is 18.5. The van der Waals surface area contributed by atoms with E-state index in [1.807, 2.05) is 31.2 Å². The number of carboxylic acid groups (broad SMARTS) is 1. The number of hydrogen-bond donors (Lipinski definition) is 2. The molecule has 6 nitrogen and oxygen atoms in total. The molecule has 0 atom stereocenters. The SMILES string of the molecule is Cc1noc(-c2ccc(-c3ccc(C4(C(=O)O)CC4)cc3)cc2)c1NC1CCN(Cc2ccccc2)CC1. The molecular weight excluding hydrogens is 474 g/mol. The van der Waals surface area contributed by atoms with Gasteiger partial charge in [-0.2, -0.15) is 0 Å². The molecule has 2 fully saturated rings. The maximum atomic E-state index is 11.6. The molecule has 4 aromatic rings. The van der Waals surface area contributed by atoms with Crippen molar-refractivity contribution >= 4 is 11.7 Å². The molecule has 1 aliphatic carbocycles. The molecule has 1 saturated carbocycles. The Morgan fingerprint density at radius 3 is 2.16 bits per heavy atom. The molecule has 1 saturated heterocycles. The maximum absolute atomic E-state index is 11.6. The molecule has 2 aliphatic rings. The second-order valence-electron chi connectivity index (χ2n) is 10.7. The molecule has 0 unspecified atom stereocenters. The average Bonchev–Trinajstić information content (AvgIpc) is 3.70. The van der Waals surface area contributed by atoms with Crippen LogP contribution in [0.2, 0.25) is 0 Å². The van der Waals surface area contributed by atoms with Gasteiger partial charge in [0.15, 0.2) is 5.76 Å². The standard InChI is InChI=1S/C32H33N3O3/c1-22-29(33-28-15-19-35(20-16-28)21-23-5-3-2-4-6-23)30(38-34-22)26-9-7-24(8-10-26)25-11-13-27(14-12-25)32(17-18-32)31(36)37/h2-14,28,33H,15-21H2,1H3,(H,36,37). The normalized spacial score (nSPS) is 17.3. The lowest BCUT2D eigenvalue weighted by molar-refractivity contribution is -0.140. The van der Waals surface area contributed by atoms with Gasteiger partial charge in [0, 0.05) is 31.2 Å². The van der Waals surface area contributed by atoms with Crippen molar-refractivity contribution < 1.29 is 14.4 Å². The highest BCUT2D eigenvalue weighted by Gasteiger charge is 2.51. The van der Waals surface area contributed by atoms with E-state index >= 15 is 0 Å². The van der Waals surface area contributed by atoms with Gasteiger partial charge in [-0.05, 0) is 54.9 Å². The molecule has 0 bridgehead atoms. The van der Waals surface area contributed by atoms with Crippen molar-refractivity contribution in [1.82, 2.24) is 10.1 Å². The van der Waals surface area contributed by atoms with E-state index in [9.17, 15) is 9.90 Å². The first-order valence-corrected chi connectivity index (χ1v) is 13.5. The lowest BCUT2D eigenvalue weighted by atomic mass is 9.93. The summed E-state index contributed by atoms with van der Waals surface area (Å²) < 4.78 is 5.77. The van der Waals surface area contributed by atoms with Crippen molar-refractivity contribution in [3.63, 3.8) is 0 Å². The monoisotopic (exact) mass is 507 g/mol. The van der Waals surface area contributed by atoms with Gasteiger partial charge in [0.2, 0.25) is 0 Å². The largest absolute Gasteiger partial charge is 0.481 e. The molecule has 1 aromatic heterocycles. The maximum Gasteiger partial charge on any atom is 0.314 e. The van der Waals surface area contributed by atoms with E-state index in [0.29, 0.717) is 6.04 Å². The highest BCUT2D eigenvalue weighted by Crippen LogP contribution is 2.48. The van der Waals surface area contributed by atoms with E-state index in [0.717, 1.165) is 84.7 Å². The van der Waals surface area contributed by atoms with Crippen LogP contribution in [0, 0.1) is 6.92 Å². The minimum absolute atomic E-state index is 0.386. The average molecular weight is 508 g/mol. The second-order valence-corrected chi connectivity index (χ2v) is 10.7. The van der Waals surface area contributed by atoms with Crippen molar-refractivity contribution in [2.24, 2.45) is 0 Å². The summed E-state index contributed by atoms with van der Waals surface area (Å²) in [6, 6.07) is 27.3. The predicted molar refractivity (Wildman–Crippen MR) is 149 cm³/mol. The van der Waals surface area contributed by atoms with Gasteiger partial charge < -0.3 is 14.9 Å². The summed E-state index contributed by atoms with van der Waals surface area (Å²) in [5, 5.41) is 17.6. The molecule has 194 valence electrons. The van der Waals surface area contributed by atoms with E-state index in [2.05, 4.69) is 70.0 Å². The Balaban J connectivity index is 1.11. The highest BCUT2D eigenvalue weighted by atomic mass is 16.5. The van der Waals surface area contributed by atoms with Crippen molar-refractivity contribution in [2.45, 2.75) is 50.6 Å². The van der Waals surface area contributed by atoms with Crippen molar-refractivity contribution in [1.29, 1.82) is 0 Å². The van der Waals surface area contributed by atoms with Crippen LogP contribution >= 0.6 is 0 Å². The van der Waals surface area contributed by atoms with Crippen LogP contribution in [0.5, 0.6) is 0 Å². The number of carbonyl (C=O) groups is 1. The minimum Gasteiger partial charge on any atom is -0.481 e. The zero-order valence-electron chi connectivity index (χ0n) is 21.7. The topological polar surface area (TPSA) is 78.6 Å². The summed E-state index contributed by atoms with van der Waals surface area (Å²) in [7, 11) is 0. The van der Waals surface area contributed by atoms with Gasteiger partial charge in [-0.25, -0.2) is 0 Å². The third-order valence-corrected chi connectivity index (χ3v) is 8.13. The van der Waals surface area contributed by atoms with Crippen LogP contribution in [-0.4, -0.2) is 40.3 Å². The number of nitrogens with one attached hydrogen (secondary N) is 1. The fraction of sp³-hybridized carbons (Fsp3) is 0.312. The van der Waals surface area contributed by atoms with E-state index in [-0.39, 0.29) is 0 Å². The molecular formula is C32H33N3O3. The van der Waals surface area contributed by atoms with Crippen LogP contribution in [0.3, 0.4) is 0 Å². The van der Waals surface area contributed by atoms with E-state index in [4.69, 9.17) is 4.52 Å². The Kier molecular flexibility index (Phi) is 6.50. The molecule has 6 heteroatoms. The van der Waals surface area contributed by atoms with Crippen LogP contribution in [0.15, 0.2) is 83.4 Å². The van der Waals surface area contributed by atoms with E-state index in [1.165, 1.54) is 5.56 Å². The van der Waals surface area contributed by atoms with Crippen molar-refractivity contribution in [3.05, 3.63) is 95.7 Å². The van der Waals surface area contributed by atoms with Crippen molar-refractivity contribution in [3.8, 4) is 22.5 Å². The number of carboxylic acids is 1. The summed E-state index contributed by atoms with van der Waals surface area (Å²) in [6.07, 6.45) is 3.59. The number of aromatic nitrogens is 1. The first-order valence-electron chi connectivity index (χ1n) is 13.5. The zero-order valence-corrected chi connectivity index (χ0v) is 21.7. The lowest BCUT2D eigenvalue weighted by Crippen LogP contribution is -2.38. The number of aliphatic carboxylic acids is 1. The molecule has 38 heavy (non-hydrogen) atoms. The molecule has 1 aliphatic heterocycles. The molecule has 0 radical (unpaired) electrons. The highest BCUT2D eigenvalue weighted by molar-refractivity contribution is 5.85. The van der Waals surface area contributed by atoms with Gasteiger partial charge in [0.05, 0.1) is 5.41 Å². The van der Waals surface area contributed by atoms with Gasteiger partial charge in [-0.1, -0.05) is 84.0 Å². The predicted octanol–water partition coefficient (Wildman–Crippen LogP) is 6.51. The summed E-state index contributed by atoms with van der Waals surface area (Å²) in [4.78, 5) is 14.1. The van der Waals surface area contributed by atoms with Crippen molar-refractivity contribution in [2.75, 3.05) is 18.4 Å². The Morgan fingerprint density at radius 2 is 1.55 bits per heavy atom. The van der Waals surface area contributed by atoms with Crippen LogP contribution in [0.4, 0.5) is 5.69 Å². The molecule has 0 amide bonds. The molecule has 0 spiro atoms. The first kappa shape index (κ1) is 24.4. The Hall–Kier alpha value is -3.90. The number of anilines is 1. The van der Waals surface area contributed by atoms with Gasteiger partial charge in [-0.3, -0.25) is 9.69 Å². The van der Waals surface area contributed by atoms with Crippen LogP contribution in [0.1, 0.15) is 42.5 Å². The fourth-order valence-corrected chi connectivity index (χ4v) is 5.56. The fourth-order valence-electron chi connectivity index (χ4n) is 5.56. The minimum atomic E-state index is -0.723. The molecule has 3 aromatic carbocycles. The third-order valence-electron chi connectivity index (χ3n) is 8.13. The Labute approximate surface area is 223 Å². The summed E-state index contributed by atoms with van der Waals surface area (Å²) in [5.74, 6) is 0.0485. The molecule has 2 heterocycles. The third kappa shape index (κ3) is 4.84. The molecule has 6 rings (SSSR count). The smallest absolute Gasteiger partial charge is 0.314 e. The molecule has 2 N–H and O–H groups in total. The van der Waals surface area contributed by atoms with E-state index in [1.54, 1.807) is 0 Å². The number of rotatable bonds is 8. The summed E-state index contributed by atoms with van der Waals surface area (Å²) >= 11 is 0. The Morgan fingerprint density at radius 1 is 0.947 bits per heavy atom. The number of nitrogens with zero attached hydrogens (tertiary/aromatic N) is 2. The van der Waals surface area contributed by atoms with Crippen LogP contribution in [-0.2, 0) is 16.8 Å². The lowest BCUT2D eigenvalue weighted by Gasteiger charge is -2.32. The van der Waals surface area contributed by atoms with Crippen LogP contribution < -0.4 is 5.32 Å². The second kappa shape index (κ2) is 10.1. The van der Waals surface area contributed by atoms with Gasteiger partial charge >= 0.3 is 5.97 Å². The number of hydrogen-bond acceptors (Lipinski definition) is 5. The van der Waals surface area contributed by atoms with Crippen LogP contribution in [0.25, 0.3) is 22.5 Å². The number of aryl methyl sites for hydroxylation is 1. The number of piperidine rings is 1. The number of benzene rings is 3. The summed E-state index contributed by atoms with van der Waals surface area (Å²) in [6.45, 7) is 5.11.